The van der Waals surface area contributed by atoms with Crippen molar-refractivity contribution in [2.24, 2.45) is 17.3 Å². The number of carbonyl (C=O) groups is 1. The number of nitriles is 1. The Morgan fingerprint density at radius 1 is 1.29 bits per heavy atom. The maximum Gasteiger partial charge on any atom is 0.356 e. The van der Waals surface area contributed by atoms with E-state index in [4.69, 9.17) is 21.6 Å². The molecule has 3 aromatic rings. The fourth-order valence-corrected chi connectivity index (χ4v) is 5.93. The summed E-state index contributed by atoms with van der Waals surface area (Å²) in [6.45, 7) is 10.3. The number of halogens is 1. The molecule has 5 rings (SSSR count). The number of aryl methyl sites for hydroxylation is 1. The maximum absolute atomic E-state index is 11.7. The summed E-state index contributed by atoms with van der Waals surface area (Å²) in [6, 6.07) is 9.05. The number of aromatic carboxylic acids is 1. The van der Waals surface area contributed by atoms with Crippen molar-refractivity contribution in [2.75, 3.05) is 23.3 Å². The Balaban J connectivity index is 1.56. The summed E-state index contributed by atoms with van der Waals surface area (Å²) in [4.78, 5) is 27.6. The third-order valence-electron chi connectivity index (χ3n) is 7.47. The van der Waals surface area contributed by atoms with Crippen LogP contribution in [-0.2, 0) is 0 Å². The van der Waals surface area contributed by atoms with Gasteiger partial charge in [0.05, 0.1) is 22.8 Å². The van der Waals surface area contributed by atoms with Crippen LogP contribution in [0.4, 0.5) is 11.5 Å². The lowest BCUT2D eigenvalue weighted by atomic mass is 9.57. The number of nitrogens with one attached hydrogen (secondary N) is 1. The van der Waals surface area contributed by atoms with Gasteiger partial charge in [0.25, 0.3) is 0 Å². The smallest absolute Gasteiger partial charge is 0.356 e. The zero-order valence-corrected chi connectivity index (χ0v) is 20.9. The van der Waals surface area contributed by atoms with Crippen molar-refractivity contribution >= 4 is 40.1 Å². The van der Waals surface area contributed by atoms with Crippen LogP contribution in [0.2, 0.25) is 5.15 Å². The van der Waals surface area contributed by atoms with Crippen LogP contribution in [0.25, 0.3) is 11.0 Å². The minimum Gasteiger partial charge on any atom is -0.476 e. The molecule has 0 radical (unpaired) electrons. The van der Waals surface area contributed by atoms with Gasteiger partial charge in [-0.2, -0.15) is 5.26 Å². The van der Waals surface area contributed by atoms with Crippen LogP contribution in [0, 0.1) is 35.5 Å². The Kier molecular flexibility index (Phi) is 5.56. The number of hydrogen-bond donors (Lipinski definition) is 2. The standard InChI is InChI=1S/C26H27ClN6O2/c1-13-7-16(14(2)29-18-5-6-21(27)31-23(18)25(34)35)22-19(8-13)30-20(10-28)24(32-22)33-11-15-9-26(3,4)17(15)12-33/h5-8,14-15,17,29H,9,11-12H2,1-4H3,(H,34,35)/t14-,15?,17?/m1/s1. The number of benzene rings is 1. The van der Waals surface area contributed by atoms with E-state index < -0.39 is 5.97 Å². The number of nitrogens with zero attached hydrogens (tertiary/aromatic N) is 5. The van der Waals surface area contributed by atoms with Crippen LogP contribution in [0.15, 0.2) is 24.3 Å². The number of carboxylic acid groups (broad SMARTS) is 1. The van der Waals surface area contributed by atoms with Crippen LogP contribution in [0.5, 0.6) is 0 Å². The molecule has 2 unspecified atom stereocenters. The van der Waals surface area contributed by atoms with Crippen molar-refractivity contribution in [3.05, 3.63) is 51.9 Å². The van der Waals surface area contributed by atoms with Gasteiger partial charge < -0.3 is 15.3 Å². The highest BCUT2D eigenvalue weighted by Gasteiger charge is 2.52. The maximum atomic E-state index is 11.7. The SMILES string of the molecule is Cc1cc([C@@H](C)Nc2ccc(Cl)nc2C(=O)O)c2nc(N3CC4CC(C)(C)C4C3)c(C#N)nc2c1. The molecule has 35 heavy (non-hydrogen) atoms. The minimum absolute atomic E-state index is 0.115. The van der Waals surface area contributed by atoms with Gasteiger partial charge in [0, 0.05) is 18.7 Å². The monoisotopic (exact) mass is 490 g/mol. The predicted octanol–water partition coefficient (Wildman–Crippen LogP) is 5.21. The van der Waals surface area contributed by atoms with Gasteiger partial charge in [-0.3, -0.25) is 0 Å². The number of rotatable bonds is 5. The summed E-state index contributed by atoms with van der Waals surface area (Å²) in [5, 5.41) is 22.8. The molecule has 3 heterocycles. The van der Waals surface area contributed by atoms with Crippen molar-refractivity contribution in [1.29, 1.82) is 5.26 Å². The van der Waals surface area contributed by atoms with E-state index in [-0.39, 0.29) is 16.9 Å². The fraction of sp³-hybridized carbons (Fsp3) is 0.423. The highest BCUT2D eigenvalue weighted by Crippen LogP contribution is 2.54. The van der Waals surface area contributed by atoms with Crippen molar-refractivity contribution < 1.29 is 9.90 Å². The van der Waals surface area contributed by atoms with E-state index in [9.17, 15) is 15.2 Å². The number of anilines is 2. The quantitative estimate of drug-likeness (QED) is 0.468. The van der Waals surface area contributed by atoms with Crippen molar-refractivity contribution in [3.63, 3.8) is 0 Å². The third kappa shape index (κ3) is 4.04. The van der Waals surface area contributed by atoms with Gasteiger partial charge in [0.15, 0.2) is 17.2 Å². The van der Waals surface area contributed by atoms with Crippen LogP contribution >= 0.6 is 11.6 Å². The molecule has 1 aromatic carbocycles. The Morgan fingerprint density at radius 2 is 2.06 bits per heavy atom. The van der Waals surface area contributed by atoms with Crippen LogP contribution in [0.3, 0.4) is 0 Å². The summed E-state index contributed by atoms with van der Waals surface area (Å²) >= 11 is 5.91. The van der Waals surface area contributed by atoms with Crippen LogP contribution in [-0.4, -0.2) is 39.1 Å². The topological polar surface area (TPSA) is 115 Å². The van der Waals surface area contributed by atoms with E-state index in [0.29, 0.717) is 45.5 Å². The summed E-state index contributed by atoms with van der Waals surface area (Å²) in [5.41, 5.74) is 4.05. The molecule has 3 atom stereocenters. The van der Waals surface area contributed by atoms with Gasteiger partial charge >= 0.3 is 5.97 Å². The van der Waals surface area contributed by atoms with Crippen molar-refractivity contribution in [1.82, 2.24) is 15.0 Å². The first kappa shape index (κ1) is 23.3. The fourth-order valence-electron chi connectivity index (χ4n) is 5.78. The van der Waals surface area contributed by atoms with E-state index in [0.717, 1.165) is 24.2 Å². The first-order valence-corrected chi connectivity index (χ1v) is 12.1. The second-order valence-electron chi connectivity index (χ2n) is 10.4. The second-order valence-corrected chi connectivity index (χ2v) is 10.8. The average molecular weight is 491 g/mol. The van der Waals surface area contributed by atoms with E-state index in [2.05, 4.69) is 35.1 Å². The Morgan fingerprint density at radius 3 is 2.71 bits per heavy atom. The van der Waals surface area contributed by atoms with E-state index in [1.54, 1.807) is 12.1 Å². The molecule has 0 amide bonds. The summed E-state index contributed by atoms with van der Waals surface area (Å²) in [7, 11) is 0. The van der Waals surface area contributed by atoms with Gasteiger partial charge in [-0.25, -0.2) is 19.7 Å². The van der Waals surface area contributed by atoms with Gasteiger partial charge in [0.1, 0.15) is 11.2 Å². The molecule has 0 spiro atoms. The Labute approximate surface area is 209 Å². The third-order valence-corrected chi connectivity index (χ3v) is 7.68. The molecule has 180 valence electrons. The van der Waals surface area contributed by atoms with Crippen molar-refractivity contribution in [3.8, 4) is 6.07 Å². The molecule has 2 aromatic heterocycles. The molecule has 0 bridgehead atoms. The lowest BCUT2D eigenvalue weighted by molar-refractivity contribution is 0.0299. The van der Waals surface area contributed by atoms with E-state index in [1.165, 1.54) is 6.42 Å². The molecule has 9 heteroatoms. The highest BCUT2D eigenvalue weighted by molar-refractivity contribution is 6.29. The Hall–Kier alpha value is -3.44. The van der Waals surface area contributed by atoms with Gasteiger partial charge in [-0.15, -0.1) is 0 Å². The number of carboxylic acids is 1. The molecule has 1 saturated heterocycles. The number of aromatic nitrogens is 3. The molecule has 1 aliphatic carbocycles. The van der Waals surface area contributed by atoms with Gasteiger partial charge in [-0.05, 0) is 61.3 Å². The molecule has 1 saturated carbocycles. The van der Waals surface area contributed by atoms with Gasteiger partial charge in [0.2, 0.25) is 0 Å². The molecular weight excluding hydrogens is 464 g/mol. The van der Waals surface area contributed by atoms with Gasteiger partial charge in [-0.1, -0.05) is 31.5 Å². The molecule has 1 aliphatic heterocycles. The predicted molar refractivity (Wildman–Crippen MR) is 135 cm³/mol. The number of fused-ring (bicyclic) bond motifs is 2. The first-order chi connectivity index (χ1) is 16.6. The zero-order valence-electron chi connectivity index (χ0n) is 20.1. The first-order valence-electron chi connectivity index (χ1n) is 11.7. The number of hydrogen-bond acceptors (Lipinski definition) is 7. The van der Waals surface area contributed by atoms with Crippen molar-refractivity contribution in [2.45, 2.75) is 40.2 Å². The molecular formula is C26H27ClN6O2. The van der Waals surface area contributed by atoms with Crippen LogP contribution in [0.1, 0.15) is 60.5 Å². The normalized spacial score (nSPS) is 21.2. The lowest BCUT2D eigenvalue weighted by Gasteiger charge is -2.47. The zero-order chi connectivity index (χ0) is 25.1. The lowest BCUT2D eigenvalue weighted by Crippen LogP contribution is -2.42. The summed E-state index contributed by atoms with van der Waals surface area (Å²) in [5.74, 6) is 0.681. The summed E-state index contributed by atoms with van der Waals surface area (Å²) in [6.07, 6.45) is 1.18. The second kappa shape index (κ2) is 8.35. The Bertz CT molecular complexity index is 1400. The minimum atomic E-state index is -1.16. The van der Waals surface area contributed by atoms with Crippen LogP contribution < -0.4 is 10.2 Å². The van der Waals surface area contributed by atoms with E-state index in [1.807, 2.05) is 26.0 Å². The molecule has 2 aliphatic rings. The molecule has 8 nitrogen and oxygen atoms in total. The largest absolute Gasteiger partial charge is 0.476 e. The highest BCUT2D eigenvalue weighted by atomic mass is 35.5. The number of pyridine rings is 1. The molecule has 2 N–H and O–H groups in total. The molecule has 2 fully saturated rings. The average Bonchev–Trinajstić information content (AvgIpc) is 3.17. The van der Waals surface area contributed by atoms with E-state index >= 15 is 0 Å². The summed E-state index contributed by atoms with van der Waals surface area (Å²) < 4.78 is 0.